The third kappa shape index (κ3) is 3.42. The van der Waals surface area contributed by atoms with Crippen molar-refractivity contribution in [2.24, 2.45) is 0 Å². The molecule has 0 fully saturated rings. The number of ether oxygens (including phenoxy) is 2. The highest BCUT2D eigenvalue weighted by Gasteiger charge is 2.18. The average molecular weight is 224 g/mol. The predicted octanol–water partition coefficient (Wildman–Crippen LogP) is 2.71. The molecule has 0 aromatic heterocycles. The Kier molecular flexibility index (Phi) is 4.19. The van der Waals surface area contributed by atoms with Gasteiger partial charge in [0.25, 0.3) is 0 Å². The summed E-state index contributed by atoms with van der Waals surface area (Å²) in [6, 6.07) is 5.51. The molecule has 1 rings (SSSR count). The summed E-state index contributed by atoms with van der Waals surface area (Å²) in [5, 5.41) is 9.96. The van der Waals surface area contributed by atoms with Crippen LogP contribution in [0, 0.1) is 0 Å². The maximum atomic E-state index is 9.96. The summed E-state index contributed by atoms with van der Waals surface area (Å²) >= 11 is 0. The first-order valence-corrected chi connectivity index (χ1v) is 5.61. The lowest BCUT2D eigenvalue weighted by Gasteiger charge is -2.20. The lowest BCUT2D eigenvalue weighted by atomic mass is 9.98. The summed E-state index contributed by atoms with van der Waals surface area (Å²) in [6.45, 7) is 8.54. The maximum Gasteiger partial charge on any atom is 0.123 e. The minimum absolute atomic E-state index is 0.598. The van der Waals surface area contributed by atoms with Crippen molar-refractivity contribution >= 4 is 0 Å². The molecule has 0 aliphatic heterocycles. The van der Waals surface area contributed by atoms with E-state index in [-0.39, 0.29) is 0 Å². The zero-order valence-corrected chi connectivity index (χ0v) is 10.4. The van der Waals surface area contributed by atoms with Crippen LogP contribution in [0.2, 0.25) is 0 Å². The Hall–Kier alpha value is -1.22. The molecule has 0 amide bonds. The highest BCUT2D eigenvalue weighted by atomic mass is 16.5. The fourth-order valence-corrected chi connectivity index (χ4v) is 1.42. The quantitative estimate of drug-likeness (QED) is 0.835. The molecule has 0 spiro atoms. The van der Waals surface area contributed by atoms with Crippen molar-refractivity contribution in [3.63, 3.8) is 0 Å². The third-order valence-electron chi connectivity index (χ3n) is 2.21. The molecule has 90 valence electrons. The van der Waals surface area contributed by atoms with E-state index < -0.39 is 5.60 Å². The summed E-state index contributed by atoms with van der Waals surface area (Å²) < 4.78 is 10.9. The zero-order valence-electron chi connectivity index (χ0n) is 10.4. The Balaban J connectivity index is 3.08. The van der Waals surface area contributed by atoms with Crippen molar-refractivity contribution in [1.29, 1.82) is 0 Å². The summed E-state index contributed by atoms with van der Waals surface area (Å²) in [5.74, 6) is 1.45. The number of benzene rings is 1. The molecule has 0 saturated heterocycles. The van der Waals surface area contributed by atoms with E-state index in [0.29, 0.717) is 13.2 Å². The van der Waals surface area contributed by atoms with Gasteiger partial charge in [0.2, 0.25) is 0 Å². The van der Waals surface area contributed by atoms with Crippen LogP contribution in [0.3, 0.4) is 0 Å². The molecule has 0 unspecified atom stereocenters. The predicted molar refractivity (Wildman–Crippen MR) is 64.0 cm³/mol. The Morgan fingerprint density at radius 3 is 1.75 bits per heavy atom. The van der Waals surface area contributed by atoms with Gasteiger partial charge in [0.15, 0.2) is 0 Å². The molecule has 1 aromatic carbocycles. The Morgan fingerprint density at radius 2 is 1.44 bits per heavy atom. The second-order valence-corrected chi connectivity index (χ2v) is 4.12. The highest BCUT2D eigenvalue weighted by Crippen LogP contribution is 2.29. The van der Waals surface area contributed by atoms with E-state index in [1.807, 2.05) is 32.0 Å². The first kappa shape index (κ1) is 12.8. The van der Waals surface area contributed by atoms with Gasteiger partial charge in [-0.3, -0.25) is 0 Å². The van der Waals surface area contributed by atoms with Gasteiger partial charge in [-0.1, -0.05) is 0 Å². The lowest BCUT2D eigenvalue weighted by molar-refractivity contribution is 0.0779. The van der Waals surface area contributed by atoms with Crippen LogP contribution in [0.1, 0.15) is 33.3 Å². The second-order valence-electron chi connectivity index (χ2n) is 4.12. The number of hydrogen-bond donors (Lipinski definition) is 1. The van der Waals surface area contributed by atoms with Crippen molar-refractivity contribution in [3.8, 4) is 11.5 Å². The van der Waals surface area contributed by atoms with Crippen molar-refractivity contribution in [2.45, 2.75) is 33.3 Å². The number of aliphatic hydroxyl groups is 1. The Bertz CT molecular complexity index is 315. The van der Waals surface area contributed by atoms with Crippen LogP contribution in [0.25, 0.3) is 0 Å². The van der Waals surface area contributed by atoms with Gasteiger partial charge in [-0.25, -0.2) is 0 Å². The highest BCUT2D eigenvalue weighted by molar-refractivity contribution is 5.40. The molecule has 3 nitrogen and oxygen atoms in total. The molecule has 0 aliphatic rings. The van der Waals surface area contributed by atoms with E-state index >= 15 is 0 Å². The summed E-state index contributed by atoms with van der Waals surface area (Å²) in [5.41, 5.74) is -0.0965. The van der Waals surface area contributed by atoms with E-state index in [0.717, 1.165) is 17.1 Å². The first-order valence-electron chi connectivity index (χ1n) is 5.61. The molecular formula is C13H20O3. The molecule has 0 saturated carbocycles. The summed E-state index contributed by atoms with van der Waals surface area (Å²) in [6.07, 6.45) is 0. The molecule has 0 aliphatic carbocycles. The molecule has 0 atom stereocenters. The largest absolute Gasteiger partial charge is 0.494 e. The van der Waals surface area contributed by atoms with E-state index in [9.17, 15) is 5.11 Å². The first-order chi connectivity index (χ1) is 7.47. The lowest BCUT2D eigenvalue weighted by Crippen LogP contribution is -2.15. The van der Waals surface area contributed by atoms with Gasteiger partial charge in [-0.15, -0.1) is 0 Å². The third-order valence-corrected chi connectivity index (χ3v) is 2.21. The molecule has 0 radical (unpaired) electrons. The smallest absolute Gasteiger partial charge is 0.123 e. The van der Waals surface area contributed by atoms with E-state index in [1.165, 1.54) is 0 Å². The van der Waals surface area contributed by atoms with Crippen LogP contribution in [0.15, 0.2) is 18.2 Å². The molecule has 0 bridgehead atoms. The second kappa shape index (κ2) is 5.21. The summed E-state index contributed by atoms with van der Waals surface area (Å²) in [4.78, 5) is 0. The van der Waals surface area contributed by atoms with Crippen molar-refractivity contribution in [1.82, 2.24) is 0 Å². The monoisotopic (exact) mass is 224 g/mol. The normalized spacial score (nSPS) is 11.3. The Labute approximate surface area is 97.0 Å². The van der Waals surface area contributed by atoms with Crippen LogP contribution in [-0.4, -0.2) is 18.3 Å². The van der Waals surface area contributed by atoms with E-state index in [1.54, 1.807) is 13.8 Å². The van der Waals surface area contributed by atoms with Gasteiger partial charge >= 0.3 is 0 Å². The van der Waals surface area contributed by atoms with Gasteiger partial charge < -0.3 is 14.6 Å². The van der Waals surface area contributed by atoms with Crippen LogP contribution < -0.4 is 9.47 Å². The molecular weight excluding hydrogens is 204 g/mol. The SMILES string of the molecule is CCOc1cc(OCC)cc(C(C)(C)O)c1. The minimum Gasteiger partial charge on any atom is -0.494 e. The minimum atomic E-state index is -0.890. The molecule has 0 heterocycles. The van der Waals surface area contributed by atoms with Crippen molar-refractivity contribution < 1.29 is 14.6 Å². The van der Waals surface area contributed by atoms with E-state index in [4.69, 9.17) is 9.47 Å². The van der Waals surface area contributed by atoms with Gasteiger partial charge in [0.1, 0.15) is 11.5 Å². The van der Waals surface area contributed by atoms with Gasteiger partial charge in [-0.2, -0.15) is 0 Å². The van der Waals surface area contributed by atoms with Crippen LogP contribution in [-0.2, 0) is 5.60 Å². The molecule has 1 aromatic rings. The van der Waals surface area contributed by atoms with Crippen LogP contribution in [0.4, 0.5) is 0 Å². The maximum absolute atomic E-state index is 9.96. The summed E-state index contributed by atoms with van der Waals surface area (Å²) in [7, 11) is 0. The average Bonchev–Trinajstić information content (AvgIpc) is 2.17. The fraction of sp³-hybridized carbons (Fsp3) is 0.538. The van der Waals surface area contributed by atoms with Crippen LogP contribution >= 0.6 is 0 Å². The van der Waals surface area contributed by atoms with Crippen molar-refractivity contribution in [2.75, 3.05) is 13.2 Å². The van der Waals surface area contributed by atoms with Gasteiger partial charge in [-0.05, 0) is 45.4 Å². The zero-order chi connectivity index (χ0) is 12.2. The van der Waals surface area contributed by atoms with Gasteiger partial charge in [0.05, 0.1) is 18.8 Å². The fourth-order valence-electron chi connectivity index (χ4n) is 1.42. The number of hydrogen-bond acceptors (Lipinski definition) is 3. The topological polar surface area (TPSA) is 38.7 Å². The van der Waals surface area contributed by atoms with Crippen LogP contribution in [0.5, 0.6) is 11.5 Å². The van der Waals surface area contributed by atoms with E-state index in [2.05, 4.69) is 0 Å². The molecule has 16 heavy (non-hydrogen) atoms. The Morgan fingerprint density at radius 1 is 1.00 bits per heavy atom. The standard InChI is InChI=1S/C13H20O3/c1-5-15-11-7-10(13(3,4)14)8-12(9-11)16-6-2/h7-9,14H,5-6H2,1-4H3. The number of rotatable bonds is 5. The van der Waals surface area contributed by atoms with Crippen molar-refractivity contribution in [3.05, 3.63) is 23.8 Å². The molecule has 1 N–H and O–H groups in total. The van der Waals surface area contributed by atoms with Gasteiger partial charge in [0, 0.05) is 6.07 Å². The molecule has 3 heteroatoms.